The molecule has 2 aromatic rings. The van der Waals surface area contributed by atoms with Crippen molar-refractivity contribution in [3.05, 3.63) is 53.6 Å². The Morgan fingerprint density at radius 2 is 1.57 bits per heavy atom. The maximum Gasteiger partial charge on any atom is 0.256 e. The number of carbonyl (C=O) groups excluding carboxylic acids is 1. The number of hydrogen-bond acceptors (Lipinski definition) is 5. The number of methoxy groups -OCH3 is 2. The molecule has 0 aliphatic heterocycles. The van der Waals surface area contributed by atoms with Crippen molar-refractivity contribution in [3.8, 4) is 11.5 Å². The summed E-state index contributed by atoms with van der Waals surface area (Å²) in [6, 6.07) is 12.6. The van der Waals surface area contributed by atoms with Crippen LogP contribution in [0.25, 0.3) is 0 Å². The average Bonchev–Trinajstić information content (AvgIpc) is 2.72. The molecule has 0 N–H and O–H groups in total. The van der Waals surface area contributed by atoms with E-state index >= 15 is 0 Å². The van der Waals surface area contributed by atoms with Gasteiger partial charge < -0.3 is 14.4 Å². The van der Waals surface area contributed by atoms with E-state index in [1.54, 1.807) is 14.0 Å². The van der Waals surface area contributed by atoms with Gasteiger partial charge in [0.1, 0.15) is 0 Å². The second-order valence-electron chi connectivity index (χ2n) is 6.24. The van der Waals surface area contributed by atoms with E-state index in [4.69, 9.17) is 9.47 Å². The Kier molecular flexibility index (Phi) is 6.90. The zero-order valence-corrected chi connectivity index (χ0v) is 17.6. The van der Waals surface area contributed by atoms with Gasteiger partial charge in [-0.15, -0.1) is 0 Å². The van der Waals surface area contributed by atoms with Crippen LogP contribution < -0.4 is 13.8 Å². The van der Waals surface area contributed by atoms with Gasteiger partial charge in [-0.05, 0) is 18.6 Å². The highest BCUT2D eigenvalue weighted by Crippen LogP contribution is 2.36. The summed E-state index contributed by atoms with van der Waals surface area (Å²) in [4.78, 5) is 14.7. The van der Waals surface area contributed by atoms with Crippen molar-refractivity contribution in [2.75, 3.05) is 38.4 Å². The number of ether oxygens (including phenoxy) is 2. The van der Waals surface area contributed by atoms with Gasteiger partial charge in [-0.3, -0.25) is 9.10 Å². The number of anilines is 1. The summed E-state index contributed by atoms with van der Waals surface area (Å²) in [6.07, 6.45) is 0. The van der Waals surface area contributed by atoms with Crippen LogP contribution in [-0.2, 0) is 16.6 Å². The molecule has 0 unspecified atom stereocenters. The molecule has 0 heterocycles. The van der Waals surface area contributed by atoms with Crippen molar-refractivity contribution in [2.24, 2.45) is 0 Å². The maximum absolute atomic E-state index is 13.2. The van der Waals surface area contributed by atoms with E-state index in [2.05, 4.69) is 0 Å². The van der Waals surface area contributed by atoms with E-state index in [1.807, 2.05) is 30.3 Å². The summed E-state index contributed by atoms with van der Waals surface area (Å²) in [5.41, 5.74) is 1.43. The number of nitrogens with zero attached hydrogens (tertiary/aromatic N) is 2. The first-order chi connectivity index (χ1) is 13.2. The van der Waals surface area contributed by atoms with Gasteiger partial charge in [-0.25, -0.2) is 8.42 Å². The van der Waals surface area contributed by atoms with Gasteiger partial charge in [-0.2, -0.15) is 0 Å². The summed E-state index contributed by atoms with van der Waals surface area (Å²) in [5, 5.41) is 0. The van der Waals surface area contributed by atoms with Gasteiger partial charge in [0.15, 0.2) is 11.5 Å². The lowest BCUT2D eigenvalue weighted by Gasteiger charge is -2.25. The van der Waals surface area contributed by atoms with Crippen LogP contribution in [0.4, 0.5) is 5.69 Å². The Morgan fingerprint density at radius 1 is 1.00 bits per heavy atom. The Balaban J connectivity index is 2.52. The van der Waals surface area contributed by atoms with Crippen LogP contribution in [0.5, 0.6) is 11.5 Å². The molecule has 7 nitrogen and oxygen atoms in total. The third kappa shape index (κ3) is 4.56. The summed E-state index contributed by atoms with van der Waals surface area (Å²) in [7, 11) is 2.45. The minimum Gasteiger partial charge on any atom is -0.493 e. The van der Waals surface area contributed by atoms with E-state index in [9.17, 15) is 13.2 Å². The Hall–Kier alpha value is -2.74. The van der Waals surface area contributed by atoms with Crippen LogP contribution in [0.15, 0.2) is 42.5 Å². The monoisotopic (exact) mass is 406 g/mol. The molecule has 28 heavy (non-hydrogen) atoms. The quantitative estimate of drug-likeness (QED) is 0.674. The highest BCUT2D eigenvalue weighted by atomic mass is 32.2. The Bertz CT molecular complexity index is 929. The highest BCUT2D eigenvalue weighted by molar-refractivity contribution is 7.92. The first-order valence-corrected chi connectivity index (χ1v) is 10.4. The third-order valence-electron chi connectivity index (χ3n) is 4.46. The molecule has 0 spiro atoms. The zero-order chi connectivity index (χ0) is 20.9. The molecule has 0 fully saturated rings. The summed E-state index contributed by atoms with van der Waals surface area (Å²) >= 11 is 0. The lowest BCUT2D eigenvalue weighted by Crippen LogP contribution is -2.32. The second kappa shape index (κ2) is 8.97. The lowest BCUT2D eigenvalue weighted by molar-refractivity contribution is 0.0785. The highest BCUT2D eigenvalue weighted by Gasteiger charge is 2.26. The summed E-state index contributed by atoms with van der Waals surface area (Å²) < 4.78 is 36.5. The molecular formula is C20H26N2O5S. The summed E-state index contributed by atoms with van der Waals surface area (Å²) in [6.45, 7) is 1.94. The minimum atomic E-state index is -3.57. The van der Waals surface area contributed by atoms with Gasteiger partial charge in [0.2, 0.25) is 10.0 Å². The summed E-state index contributed by atoms with van der Waals surface area (Å²) in [5.74, 6) is 0.284. The van der Waals surface area contributed by atoms with Gasteiger partial charge in [0.05, 0.1) is 31.2 Å². The van der Waals surface area contributed by atoms with Crippen LogP contribution in [-0.4, -0.2) is 53.3 Å². The molecule has 2 aromatic carbocycles. The average molecular weight is 407 g/mol. The predicted octanol–water partition coefficient (Wildman–Crippen LogP) is 2.76. The zero-order valence-electron chi connectivity index (χ0n) is 16.8. The van der Waals surface area contributed by atoms with E-state index in [0.717, 1.165) is 9.87 Å². The number of rotatable bonds is 8. The molecule has 1 amide bonds. The van der Waals surface area contributed by atoms with Crippen LogP contribution in [0, 0.1) is 0 Å². The van der Waals surface area contributed by atoms with Crippen LogP contribution in [0.3, 0.4) is 0 Å². The second-order valence-corrected chi connectivity index (χ2v) is 8.53. The van der Waals surface area contributed by atoms with Crippen LogP contribution >= 0.6 is 0 Å². The van der Waals surface area contributed by atoms with Crippen LogP contribution in [0.1, 0.15) is 22.8 Å². The van der Waals surface area contributed by atoms with Crippen molar-refractivity contribution < 1.29 is 22.7 Å². The fourth-order valence-corrected chi connectivity index (χ4v) is 3.62. The van der Waals surface area contributed by atoms with E-state index in [1.165, 1.54) is 38.3 Å². The Labute approximate surface area is 166 Å². The largest absolute Gasteiger partial charge is 0.493 e. The van der Waals surface area contributed by atoms with Crippen molar-refractivity contribution in [1.82, 2.24) is 4.90 Å². The fourth-order valence-electron chi connectivity index (χ4n) is 2.78. The first kappa shape index (κ1) is 21.6. The first-order valence-electron chi connectivity index (χ1n) is 8.77. The number of sulfonamides is 1. The van der Waals surface area contributed by atoms with E-state index in [0.29, 0.717) is 18.0 Å². The number of carbonyl (C=O) groups is 1. The van der Waals surface area contributed by atoms with Crippen LogP contribution in [0.2, 0.25) is 0 Å². The molecule has 0 atom stereocenters. The smallest absolute Gasteiger partial charge is 0.256 e. The molecule has 2 rings (SSSR count). The Morgan fingerprint density at radius 3 is 2.11 bits per heavy atom. The van der Waals surface area contributed by atoms with Gasteiger partial charge in [0.25, 0.3) is 5.91 Å². The number of hydrogen-bond donors (Lipinski definition) is 0. The molecule has 0 aliphatic carbocycles. The number of amides is 1. The topological polar surface area (TPSA) is 76.1 Å². The van der Waals surface area contributed by atoms with Gasteiger partial charge >= 0.3 is 0 Å². The SMILES string of the molecule is CCS(=O)(=O)N(C)c1cc(OC)c(OC)cc1C(=O)N(C)Cc1ccccc1. The lowest BCUT2D eigenvalue weighted by atomic mass is 10.1. The molecule has 0 bridgehead atoms. The van der Waals surface area contributed by atoms with Gasteiger partial charge in [-0.1, -0.05) is 30.3 Å². The minimum absolute atomic E-state index is 0.0919. The predicted molar refractivity (Wildman–Crippen MR) is 110 cm³/mol. The van der Waals surface area contributed by atoms with Gasteiger partial charge in [0, 0.05) is 26.7 Å². The molecule has 0 saturated carbocycles. The molecule has 0 radical (unpaired) electrons. The normalized spacial score (nSPS) is 11.0. The van der Waals surface area contributed by atoms with Crippen molar-refractivity contribution >= 4 is 21.6 Å². The molecule has 0 aliphatic rings. The maximum atomic E-state index is 13.2. The molecular weight excluding hydrogens is 380 g/mol. The standard InChI is InChI=1S/C20H26N2O5S/c1-6-28(24,25)22(3)17-13-19(27-5)18(26-4)12-16(17)20(23)21(2)14-15-10-8-7-9-11-15/h7-13H,6,14H2,1-5H3. The van der Waals surface area contributed by atoms with Crippen molar-refractivity contribution in [1.29, 1.82) is 0 Å². The molecule has 8 heteroatoms. The third-order valence-corrected chi connectivity index (χ3v) is 6.22. The van der Waals surface area contributed by atoms with E-state index in [-0.39, 0.29) is 22.9 Å². The van der Waals surface area contributed by atoms with Crippen molar-refractivity contribution in [3.63, 3.8) is 0 Å². The molecule has 0 aromatic heterocycles. The van der Waals surface area contributed by atoms with Crippen molar-refractivity contribution in [2.45, 2.75) is 13.5 Å². The number of benzene rings is 2. The van der Waals surface area contributed by atoms with E-state index < -0.39 is 10.0 Å². The molecule has 152 valence electrons. The fraction of sp³-hybridized carbons (Fsp3) is 0.350. The molecule has 0 saturated heterocycles.